The van der Waals surface area contributed by atoms with Crippen molar-refractivity contribution >= 4 is 0 Å². The maximum absolute atomic E-state index is 4.93. The van der Waals surface area contributed by atoms with Gasteiger partial charge < -0.3 is 0 Å². The molecule has 0 aromatic heterocycles. The Hall–Kier alpha value is -0.0800. The average Bonchev–Trinajstić information content (AvgIpc) is 2.33. The molecule has 0 aromatic rings. The molecule has 1 aliphatic heterocycles. The highest BCUT2D eigenvalue weighted by Gasteiger charge is 2.19. The van der Waals surface area contributed by atoms with Gasteiger partial charge in [0.2, 0.25) is 0 Å². The topological polar surface area (TPSA) is 18.5 Å². The molecular formula is C16H32O2. The first kappa shape index (κ1) is 16.0. The highest BCUT2D eigenvalue weighted by Crippen LogP contribution is 2.16. The van der Waals surface area contributed by atoms with Crippen molar-refractivity contribution in [2.24, 2.45) is 0 Å². The predicted molar refractivity (Wildman–Crippen MR) is 76.5 cm³/mol. The monoisotopic (exact) mass is 256 g/mol. The molecule has 0 radical (unpaired) electrons. The Bertz CT molecular complexity index is 166. The van der Waals surface area contributed by atoms with Crippen LogP contribution in [0.2, 0.25) is 0 Å². The van der Waals surface area contributed by atoms with Gasteiger partial charge in [0.05, 0.1) is 0 Å². The van der Waals surface area contributed by atoms with Crippen molar-refractivity contribution in [3.8, 4) is 0 Å². The molecule has 2 nitrogen and oxygen atoms in total. The molecule has 0 spiro atoms. The summed E-state index contributed by atoms with van der Waals surface area (Å²) in [5, 5.41) is 0. The van der Waals surface area contributed by atoms with Crippen LogP contribution in [-0.4, -0.2) is 12.7 Å². The fourth-order valence-electron chi connectivity index (χ4n) is 2.51. The van der Waals surface area contributed by atoms with Crippen LogP contribution in [0.1, 0.15) is 90.4 Å². The van der Waals surface area contributed by atoms with E-state index < -0.39 is 0 Å². The molecule has 1 unspecified atom stereocenters. The van der Waals surface area contributed by atoms with E-state index in [-0.39, 0.29) is 0 Å². The number of hydrogen-bond acceptors (Lipinski definition) is 2. The Balaban J connectivity index is 1.63. The van der Waals surface area contributed by atoms with Crippen LogP contribution in [-0.2, 0) is 9.78 Å². The summed E-state index contributed by atoms with van der Waals surface area (Å²) in [6, 6.07) is 0. The molecule has 0 amide bonds. The molecule has 18 heavy (non-hydrogen) atoms. The number of unbranched alkanes of at least 4 members (excludes halogenated alkanes) is 11. The van der Waals surface area contributed by atoms with Gasteiger partial charge in [-0.3, -0.25) is 0 Å². The van der Waals surface area contributed by atoms with Gasteiger partial charge in [-0.25, -0.2) is 9.78 Å². The summed E-state index contributed by atoms with van der Waals surface area (Å²) >= 11 is 0. The highest BCUT2D eigenvalue weighted by atomic mass is 17.2. The summed E-state index contributed by atoms with van der Waals surface area (Å²) in [6.45, 7) is 3.10. The van der Waals surface area contributed by atoms with E-state index >= 15 is 0 Å². The van der Waals surface area contributed by atoms with Crippen molar-refractivity contribution in [2.45, 2.75) is 96.5 Å². The van der Waals surface area contributed by atoms with Crippen LogP contribution in [0.15, 0.2) is 0 Å². The third-order valence-electron chi connectivity index (χ3n) is 3.84. The predicted octanol–water partition coefficient (Wildman–Crippen LogP) is 5.41. The first-order valence-corrected chi connectivity index (χ1v) is 8.21. The van der Waals surface area contributed by atoms with Gasteiger partial charge in [-0.05, 0) is 6.42 Å². The summed E-state index contributed by atoms with van der Waals surface area (Å²) in [7, 11) is 0. The van der Waals surface area contributed by atoms with Gasteiger partial charge >= 0.3 is 0 Å². The molecule has 1 fully saturated rings. The molecule has 0 bridgehead atoms. The van der Waals surface area contributed by atoms with Crippen molar-refractivity contribution in [1.82, 2.24) is 0 Å². The van der Waals surface area contributed by atoms with Gasteiger partial charge in [0.25, 0.3) is 0 Å². The minimum Gasteiger partial charge on any atom is -0.233 e. The second-order valence-electron chi connectivity index (χ2n) is 5.68. The Morgan fingerprint density at radius 3 is 1.56 bits per heavy atom. The minimum atomic E-state index is 0.410. The molecule has 1 rings (SSSR count). The third kappa shape index (κ3) is 8.93. The quantitative estimate of drug-likeness (QED) is 0.324. The second kappa shape index (κ2) is 12.0. The molecule has 0 saturated carbocycles. The molecule has 1 heterocycles. The van der Waals surface area contributed by atoms with Crippen LogP contribution in [0.3, 0.4) is 0 Å². The van der Waals surface area contributed by atoms with Crippen LogP contribution in [0.5, 0.6) is 0 Å². The molecule has 1 atom stereocenters. The summed E-state index contributed by atoms with van der Waals surface area (Å²) in [5.41, 5.74) is 0. The fourth-order valence-corrected chi connectivity index (χ4v) is 2.51. The lowest BCUT2D eigenvalue weighted by atomic mass is 10.0. The lowest BCUT2D eigenvalue weighted by Crippen LogP contribution is -2.30. The van der Waals surface area contributed by atoms with Crippen molar-refractivity contribution in [3.63, 3.8) is 0 Å². The van der Waals surface area contributed by atoms with Gasteiger partial charge in [0.1, 0.15) is 12.7 Å². The summed E-state index contributed by atoms with van der Waals surface area (Å²) in [5.74, 6) is 0. The molecule has 1 aliphatic rings. The molecule has 0 aliphatic carbocycles. The van der Waals surface area contributed by atoms with Gasteiger partial charge in [-0.1, -0.05) is 84.0 Å². The Labute approximate surface area is 113 Å². The van der Waals surface area contributed by atoms with E-state index in [2.05, 4.69) is 6.92 Å². The number of hydrogen-bond donors (Lipinski definition) is 0. The maximum atomic E-state index is 4.93. The minimum absolute atomic E-state index is 0.410. The second-order valence-corrected chi connectivity index (χ2v) is 5.68. The average molecular weight is 256 g/mol. The standard InChI is InChI=1S/C16H32O2/c1-2-3-4-5-6-7-8-9-10-11-12-13-14-16-15-17-18-16/h16H,2-15H2,1H3. The zero-order valence-electron chi connectivity index (χ0n) is 12.3. The SMILES string of the molecule is CCCCCCCCCCCCCCC1COO1. The maximum Gasteiger partial charge on any atom is 0.119 e. The van der Waals surface area contributed by atoms with Gasteiger partial charge in [0, 0.05) is 0 Å². The molecule has 1 saturated heterocycles. The third-order valence-corrected chi connectivity index (χ3v) is 3.84. The Kier molecular flexibility index (Phi) is 10.6. The molecule has 108 valence electrons. The van der Waals surface area contributed by atoms with E-state index in [1.165, 1.54) is 83.5 Å². The van der Waals surface area contributed by atoms with Crippen LogP contribution in [0.4, 0.5) is 0 Å². The van der Waals surface area contributed by atoms with E-state index in [0.717, 1.165) is 6.61 Å². The van der Waals surface area contributed by atoms with E-state index in [4.69, 9.17) is 9.78 Å². The molecule has 0 aromatic carbocycles. The molecular weight excluding hydrogens is 224 g/mol. The Morgan fingerprint density at radius 1 is 0.722 bits per heavy atom. The smallest absolute Gasteiger partial charge is 0.119 e. The molecule has 2 heteroatoms. The van der Waals surface area contributed by atoms with Gasteiger partial charge in [-0.15, -0.1) is 0 Å². The lowest BCUT2D eigenvalue weighted by Gasteiger charge is -2.24. The Morgan fingerprint density at radius 2 is 1.17 bits per heavy atom. The van der Waals surface area contributed by atoms with Crippen LogP contribution in [0.25, 0.3) is 0 Å². The van der Waals surface area contributed by atoms with E-state index in [1.807, 2.05) is 0 Å². The number of rotatable bonds is 13. The fraction of sp³-hybridized carbons (Fsp3) is 1.00. The lowest BCUT2D eigenvalue weighted by molar-refractivity contribution is -0.425. The zero-order valence-corrected chi connectivity index (χ0v) is 12.3. The first-order valence-electron chi connectivity index (χ1n) is 8.21. The van der Waals surface area contributed by atoms with Gasteiger partial charge in [0.15, 0.2) is 0 Å². The van der Waals surface area contributed by atoms with E-state index in [0.29, 0.717) is 6.10 Å². The van der Waals surface area contributed by atoms with Crippen molar-refractivity contribution in [2.75, 3.05) is 6.61 Å². The van der Waals surface area contributed by atoms with Crippen LogP contribution < -0.4 is 0 Å². The summed E-state index contributed by atoms with van der Waals surface area (Å²) in [6.07, 6.45) is 18.6. The van der Waals surface area contributed by atoms with E-state index in [1.54, 1.807) is 0 Å². The van der Waals surface area contributed by atoms with Gasteiger partial charge in [-0.2, -0.15) is 0 Å². The van der Waals surface area contributed by atoms with Crippen molar-refractivity contribution in [1.29, 1.82) is 0 Å². The highest BCUT2D eigenvalue weighted by molar-refractivity contribution is 4.59. The first-order chi connectivity index (χ1) is 8.93. The van der Waals surface area contributed by atoms with Crippen molar-refractivity contribution < 1.29 is 9.78 Å². The normalized spacial score (nSPS) is 18.8. The summed E-state index contributed by atoms with van der Waals surface area (Å²) in [4.78, 5) is 9.62. The van der Waals surface area contributed by atoms with Crippen molar-refractivity contribution in [3.05, 3.63) is 0 Å². The largest absolute Gasteiger partial charge is 0.233 e. The molecule has 0 N–H and O–H groups in total. The van der Waals surface area contributed by atoms with Crippen LogP contribution in [0, 0.1) is 0 Å². The van der Waals surface area contributed by atoms with Crippen LogP contribution >= 0.6 is 0 Å². The zero-order chi connectivity index (χ0) is 12.9. The summed E-state index contributed by atoms with van der Waals surface area (Å²) < 4.78 is 0. The van der Waals surface area contributed by atoms with E-state index in [9.17, 15) is 0 Å².